The molecule has 10 nitrogen and oxygen atoms in total. The first-order valence-electron chi connectivity index (χ1n) is 10.6. The highest BCUT2D eigenvalue weighted by Crippen LogP contribution is 2.52. The van der Waals surface area contributed by atoms with Crippen LogP contribution in [0.1, 0.15) is 68.8 Å². The number of carbonyl (C=O) groups is 4. The molecule has 0 aromatic heterocycles. The second-order valence-corrected chi connectivity index (χ2v) is 8.37. The van der Waals surface area contributed by atoms with Gasteiger partial charge in [-0.2, -0.15) is 0 Å². The molecule has 0 bridgehead atoms. The number of nitrogens with two attached hydrogens (primary N) is 1. The van der Waals surface area contributed by atoms with Gasteiger partial charge in [0.15, 0.2) is 11.6 Å². The van der Waals surface area contributed by atoms with Crippen molar-refractivity contribution in [3.05, 3.63) is 51.6 Å². The van der Waals surface area contributed by atoms with Crippen LogP contribution in [-0.4, -0.2) is 57.9 Å². The Morgan fingerprint density at radius 3 is 2.41 bits per heavy atom. The first-order chi connectivity index (χ1) is 16.1. The third-order valence-electron chi connectivity index (χ3n) is 6.35. The molecule has 5 N–H and O–H groups in total. The number of Topliss-reactive ketones (excluding diaryl/α,β-unsaturated/α-hetero) is 1. The number of ether oxygens (including phenoxy) is 2. The van der Waals surface area contributed by atoms with Crippen molar-refractivity contribution in [1.29, 1.82) is 0 Å². The summed E-state index contributed by atoms with van der Waals surface area (Å²) < 4.78 is 10.6. The summed E-state index contributed by atoms with van der Waals surface area (Å²) in [4.78, 5) is 51.2. The first kappa shape index (κ1) is 23.4. The zero-order chi connectivity index (χ0) is 24.9. The molecule has 0 fully saturated rings. The summed E-state index contributed by atoms with van der Waals surface area (Å²) in [6.07, 6.45) is -2.43. The Balaban J connectivity index is 1.99. The maximum Gasteiger partial charge on any atom is 0.307 e. The molecule has 2 atom stereocenters. The van der Waals surface area contributed by atoms with Crippen molar-refractivity contribution in [2.24, 2.45) is 5.73 Å². The van der Waals surface area contributed by atoms with Crippen LogP contribution in [0.2, 0.25) is 0 Å². The lowest BCUT2D eigenvalue weighted by Crippen LogP contribution is -2.45. The fourth-order valence-corrected chi connectivity index (χ4v) is 4.62. The van der Waals surface area contributed by atoms with Gasteiger partial charge in [-0.15, -0.1) is 0 Å². The number of aliphatic hydroxyl groups is 1. The van der Waals surface area contributed by atoms with Crippen LogP contribution < -0.4 is 10.5 Å². The predicted octanol–water partition coefficient (Wildman–Crippen LogP) is 1.08. The van der Waals surface area contributed by atoms with Gasteiger partial charge < -0.3 is 30.5 Å². The Hall–Kier alpha value is -3.76. The lowest BCUT2D eigenvalue weighted by atomic mass is 9.72. The van der Waals surface area contributed by atoms with Crippen molar-refractivity contribution in [1.82, 2.24) is 0 Å². The number of ketones is 3. The van der Waals surface area contributed by atoms with E-state index in [2.05, 4.69) is 0 Å². The average Bonchev–Trinajstić information content (AvgIpc) is 2.78. The fraction of sp³-hybridized carbons (Fsp3) is 0.333. The Morgan fingerprint density at radius 2 is 1.79 bits per heavy atom. The second-order valence-electron chi connectivity index (χ2n) is 8.37. The monoisotopic (exact) mass is 469 g/mol. The molecule has 0 aliphatic heterocycles. The minimum Gasteiger partial charge on any atom is -0.507 e. The molecule has 0 unspecified atom stereocenters. The molecule has 2 aromatic rings. The molecule has 34 heavy (non-hydrogen) atoms. The van der Waals surface area contributed by atoms with Crippen LogP contribution in [0.3, 0.4) is 0 Å². The van der Waals surface area contributed by atoms with Gasteiger partial charge in [-0.05, 0) is 13.0 Å². The van der Waals surface area contributed by atoms with Gasteiger partial charge in [0, 0.05) is 36.1 Å². The van der Waals surface area contributed by atoms with E-state index in [0.29, 0.717) is 0 Å². The van der Waals surface area contributed by atoms with Crippen molar-refractivity contribution in [3.63, 3.8) is 0 Å². The molecular weight excluding hydrogens is 446 g/mol. The van der Waals surface area contributed by atoms with Gasteiger partial charge in [-0.1, -0.05) is 12.1 Å². The fourth-order valence-electron chi connectivity index (χ4n) is 4.62. The number of hydrogen-bond acceptors (Lipinski definition) is 10. The van der Waals surface area contributed by atoms with Gasteiger partial charge in [-0.25, -0.2) is 0 Å². The maximum atomic E-state index is 13.4. The predicted molar refractivity (Wildman–Crippen MR) is 116 cm³/mol. The van der Waals surface area contributed by atoms with E-state index in [1.807, 2.05) is 0 Å². The van der Waals surface area contributed by atoms with Crippen molar-refractivity contribution in [3.8, 4) is 17.2 Å². The molecule has 2 aliphatic rings. The lowest BCUT2D eigenvalue weighted by molar-refractivity contribution is -0.157. The molecule has 178 valence electrons. The van der Waals surface area contributed by atoms with Gasteiger partial charge in [0.05, 0.1) is 30.2 Å². The number of hydrogen-bond donors (Lipinski definition) is 4. The molecule has 0 heterocycles. The normalized spacial score (nSPS) is 20.8. The maximum absolute atomic E-state index is 13.4. The minimum absolute atomic E-state index is 0.0274. The number of aromatic hydroxyl groups is 2. The summed E-state index contributed by atoms with van der Waals surface area (Å²) in [7, 11) is 1.32. The number of phenols is 2. The summed E-state index contributed by atoms with van der Waals surface area (Å²) in [5.74, 6) is -4.17. The van der Waals surface area contributed by atoms with Gasteiger partial charge in [0.25, 0.3) is 0 Å². The molecule has 2 aromatic carbocycles. The smallest absolute Gasteiger partial charge is 0.307 e. The topological polar surface area (TPSA) is 173 Å². The van der Waals surface area contributed by atoms with Crippen molar-refractivity contribution in [2.75, 3.05) is 13.7 Å². The van der Waals surface area contributed by atoms with E-state index in [0.717, 1.165) is 6.92 Å². The number of phenolic OH excluding ortho intramolecular Hbond substituents is 2. The molecule has 0 spiro atoms. The van der Waals surface area contributed by atoms with Crippen LogP contribution in [-0.2, 0) is 20.7 Å². The molecule has 0 saturated carbocycles. The third-order valence-corrected chi connectivity index (χ3v) is 6.35. The highest BCUT2D eigenvalue weighted by atomic mass is 16.5. The summed E-state index contributed by atoms with van der Waals surface area (Å²) in [5, 5.41) is 33.3. The SMILES string of the molecule is COc1cccc2c1C(=O)c1c(O)c3c(c(O)c1C2=O)C[C@@](O)(C(C)=O)C[C@@H]3OC(=O)CCN. The van der Waals surface area contributed by atoms with Crippen LogP contribution in [0.5, 0.6) is 17.2 Å². The summed E-state index contributed by atoms with van der Waals surface area (Å²) in [6.45, 7) is 1.11. The third kappa shape index (κ3) is 3.34. The highest BCUT2D eigenvalue weighted by molar-refractivity contribution is 6.31. The summed E-state index contributed by atoms with van der Waals surface area (Å²) >= 11 is 0. The Bertz CT molecular complexity index is 1270. The van der Waals surface area contributed by atoms with E-state index in [4.69, 9.17) is 15.2 Å². The van der Waals surface area contributed by atoms with E-state index in [-0.39, 0.29) is 41.0 Å². The molecule has 10 heteroatoms. The van der Waals surface area contributed by atoms with Crippen molar-refractivity contribution >= 4 is 23.3 Å². The lowest BCUT2D eigenvalue weighted by Gasteiger charge is -2.38. The Labute approximate surface area is 193 Å². The summed E-state index contributed by atoms with van der Waals surface area (Å²) in [5.41, 5.74) is 2.02. The molecule has 0 amide bonds. The highest BCUT2D eigenvalue weighted by Gasteiger charge is 2.48. The minimum atomic E-state index is -2.04. The van der Waals surface area contributed by atoms with E-state index in [1.165, 1.54) is 25.3 Å². The largest absolute Gasteiger partial charge is 0.507 e. The molecule has 0 radical (unpaired) electrons. The second kappa shape index (κ2) is 8.23. The molecule has 2 aliphatic carbocycles. The first-order valence-corrected chi connectivity index (χ1v) is 10.6. The number of fused-ring (bicyclic) bond motifs is 3. The van der Waals surface area contributed by atoms with Gasteiger partial charge in [0.2, 0.25) is 5.78 Å². The van der Waals surface area contributed by atoms with Crippen LogP contribution in [0, 0.1) is 0 Å². The molecule has 4 rings (SSSR count). The molecule has 0 saturated heterocycles. The zero-order valence-corrected chi connectivity index (χ0v) is 18.5. The van der Waals surface area contributed by atoms with Crippen LogP contribution >= 0.6 is 0 Å². The Morgan fingerprint density at radius 1 is 1.12 bits per heavy atom. The quantitative estimate of drug-likeness (QED) is 0.313. The zero-order valence-electron chi connectivity index (χ0n) is 18.5. The summed E-state index contributed by atoms with van der Waals surface area (Å²) in [6, 6.07) is 4.37. The number of methoxy groups -OCH3 is 1. The van der Waals surface area contributed by atoms with Crippen LogP contribution in [0.4, 0.5) is 0 Å². The number of esters is 1. The van der Waals surface area contributed by atoms with E-state index in [1.54, 1.807) is 0 Å². The van der Waals surface area contributed by atoms with Crippen molar-refractivity contribution < 1.29 is 44.0 Å². The van der Waals surface area contributed by atoms with Crippen LogP contribution in [0.15, 0.2) is 18.2 Å². The number of rotatable bonds is 5. The van der Waals surface area contributed by atoms with Gasteiger partial charge in [-0.3, -0.25) is 19.2 Å². The van der Waals surface area contributed by atoms with Crippen LogP contribution in [0.25, 0.3) is 0 Å². The van der Waals surface area contributed by atoms with E-state index >= 15 is 0 Å². The average molecular weight is 469 g/mol. The number of carbonyl (C=O) groups excluding carboxylic acids is 4. The standard InChI is InChI=1S/C24H23NO9/c1-10(26)24(32)8-12-17(14(9-24)34-15(27)6-7-25)23(31)19-18(21(12)29)20(28)11-4-3-5-13(33-2)16(11)22(19)30/h3-5,14,29,31-32H,6-9,25H2,1-2H3/t14-,24-/m0/s1. The van der Waals surface area contributed by atoms with Crippen molar-refractivity contribution in [2.45, 2.75) is 37.9 Å². The molecular formula is C24H23NO9. The number of benzene rings is 2. The van der Waals surface area contributed by atoms with E-state index < -0.39 is 70.5 Å². The van der Waals surface area contributed by atoms with Gasteiger partial charge in [0.1, 0.15) is 29.0 Å². The van der Waals surface area contributed by atoms with Gasteiger partial charge >= 0.3 is 5.97 Å². The Kier molecular flexibility index (Phi) is 5.66. The van der Waals surface area contributed by atoms with E-state index in [9.17, 15) is 34.5 Å².